The van der Waals surface area contributed by atoms with E-state index in [0.717, 1.165) is 25.1 Å². The zero-order valence-corrected chi connectivity index (χ0v) is 14.5. The van der Waals surface area contributed by atoms with Crippen LogP contribution in [0.4, 0.5) is 17.2 Å². The average molecular weight is 355 g/mol. The van der Waals surface area contributed by atoms with Gasteiger partial charge in [-0.2, -0.15) is 0 Å². The van der Waals surface area contributed by atoms with Crippen LogP contribution in [0.2, 0.25) is 0 Å². The molecule has 1 atom stereocenters. The van der Waals surface area contributed by atoms with Gasteiger partial charge in [-0.3, -0.25) is 9.59 Å². The van der Waals surface area contributed by atoms with Crippen LogP contribution in [-0.2, 0) is 9.53 Å². The predicted molar refractivity (Wildman–Crippen MR) is 97.4 cm³/mol. The highest BCUT2D eigenvalue weighted by Crippen LogP contribution is 2.18. The lowest BCUT2D eigenvalue weighted by Gasteiger charge is -2.10. The van der Waals surface area contributed by atoms with E-state index in [1.165, 1.54) is 6.92 Å². The molecule has 2 aromatic rings. The molecule has 1 unspecified atom stereocenters. The number of hydrogen-bond acceptors (Lipinski definition) is 6. The molecule has 3 N–H and O–H groups in total. The Morgan fingerprint density at radius 3 is 2.73 bits per heavy atom. The summed E-state index contributed by atoms with van der Waals surface area (Å²) in [7, 11) is 0. The monoisotopic (exact) mass is 355 g/mol. The quantitative estimate of drug-likeness (QED) is 0.733. The number of nitrogens with zero attached hydrogens (tertiary/aromatic N) is 2. The van der Waals surface area contributed by atoms with Crippen LogP contribution in [0.5, 0.6) is 0 Å². The Morgan fingerprint density at radius 1 is 1.19 bits per heavy atom. The molecule has 0 bridgehead atoms. The normalized spacial score (nSPS) is 16.1. The molecule has 136 valence electrons. The third-order valence-electron chi connectivity index (χ3n) is 3.87. The summed E-state index contributed by atoms with van der Waals surface area (Å²) < 4.78 is 5.47. The van der Waals surface area contributed by atoms with Crippen molar-refractivity contribution in [1.82, 2.24) is 15.5 Å². The van der Waals surface area contributed by atoms with Gasteiger partial charge in [0.05, 0.1) is 6.10 Å². The second-order valence-electron chi connectivity index (χ2n) is 6.04. The van der Waals surface area contributed by atoms with E-state index >= 15 is 0 Å². The van der Waals surface area contributed by atoms with Gasteiger partial charge in [0.1, 0.15) is 0 Å². The first kappa shape index (κ1) is 17.8. The molecule has 1 aliphatic rings. The summed E-state index contributed by atoms with van der Waals surface area (Å²) in [6.45, 7) is 2.69. The summed E-state index contributed by atoms with van der Waals surface area (Å²) in [5, 5.41) is 16.6. The molecule has 26 heavy (non-hydrogen) atoms. The molecule has 2 heterocycles. The Morgan fingerprint density at radius 2 is 2.04 bits per heavy atom. The highest BCUT2D eigenvalue weighted by Gasteiger charge is 2.17. The molecule has 8 nitrogen and oxygen atoms in total. The third-order valence-corrected chi connectivity index (χ3v) is 3.87. The minimum Gasteiger partial charge on any atom is -0.376 e. The van der Waals surface area contributed by atoms with Crippen LogP contribution in [0.1, 0.15) is 30.3 Å². The molecule has 0 radical (unpaired) electrons. The average Bonchev–Trinajstić information content (AvgIpc) is 3.14. The van der Waals surface area contributed by atoms with E-state index < -0.39 is 0 Å². The van der Waals surface area contributed by atoms with Crippen LogP contribution in [0.25, 0.3) is 0 Å². The zero-order chi connectivity index (χ0) is 18.4. The molecule has 3 rings (SSSR count). The molecule has 1 aliphatic heterocycles. The molecule has 1 saturated heterocycles. The van der Waals surface area contributed by atoms with Crippen LogP contribution in [-0.4, -0.2) is 41.3 Å². The summed E-state index contributed by atoms with van der Waals surface area (Å²) in [4.78, 5) is 23.2. The van der Waals surface area contributed by atoms with Gasteiger partial charge in [0.2, 0.25) is 5.91 Å². The van der Waals surface area contributed by atoms with Gasteiger partial charge in [-0.25, -0.2) is 0 Å². The Kier molecular flexibility index (Phi) is 5.75. The Bertz CT molecular complexity index is 773. The highest BCUT2D eigenvalue weighted by molar-refractivity contribution is 5.92. The number of carbonyl (C=O) groups excluding carboxylic acids is 2. The molecule has 1 aromatic carbocycles. The lowest BCUT2D eigenvalue weighted by atomic mass is 10.2. The van der Waals surface area contributed by atoms with Crippen molar-refractivity contribution in [3.63, 3.8) is 0 Å². The first-order valence-electron chi connectivity index (χ1n) is 8.48. The smallest absolute Gasteiger partial charge is 0.271 e. The summed E-state index contributed by atoms with van der Waals surface area (Å²) in [6.07, 6.45) is 2.08. The van der Waals surface area contributed by atoms with E-state index in [-0.39, 0.29) is 23.6 Å². The van der Waals surface area contributed by atoms with Crippen molar-refractivity contribution >= 4 is 29.0 Å². The Hall–Kier alpha value is -3.00. The molecule has 1 fully saturated rings. The standard InChI is InChI=1S/C18H21N5O3/c1-12(24)20-13-4-2-5-14(10-13)21-17-8-7-16(22-23-17)18(25)19-11-15-6-3-9-26-15/h2,4-5,7-8,10,15H,3,6,9,11H2,1H3,(H,19,25)(H,20,24)(H,21,23). The van der Waals surface area contributed by atoms with E-state index in [2.05, 4.69) is 26.1 Å². The number of aromatic nitrogens is 2. The largest absolute Gasteiger partial charge is 0.376 e. The maximum atomic E-state index is 12.1. The molecule has 1 aromatic heterocycles. The van der Waals surface area contributed by atoms with Crippen LogP contribution in [0.15, 0.2) is 36.4 Å². The van der Waals surface area contributed by atoms with Crippen LogP contribution in [0.3, 0.4) is 0 Å². The molecule has 2 amide bonds. The lowest BCUT2D eigenvalue weighted by Crippen LogP contribution is -2.32. The van der Waals surface area contributed by atoms with Gasteiger partial charge in [-0.15, -0.1) is 10.2 Å². The predicted octanol–water partition coefficient (Wildman–Crippen LogP) is 2.09. The third kappa shape index (κ3) is 5.00. The second kappa shape index (κ2) is 8.39. The van der Waals surface area contributed by atoms with Crippen LogP contribution < -0.4 is 16.0 Å². The first-order chi connectivity index (χ1) is 12.6. The number of rotatable bonds is 6. The van der Waals surface area contributed by atoms with Gasteiger partial charge in [0, 0.05) is 31.5 Å². The van der Waals surface area contributed by atoms with Crippen LogP contribution >= 0.6 is 0 Å². The molecule has 0 saturated carbocycles. The summed E-state index contributed by atoms with van der Waals surface area (Å²) in [5.74, 6) is 0.0909. The number of anilines is 3. The van der Waals surface area contributed by atoms with Gasteiger partial charge >= 0.3 is 0 Å². The van der Waals surface area contributed by atoms with Gasteiger partial charge < -0.3 is 20.7 Å². The molecular weight excluding hydrogens is 334 g/mol. The molecular formula is C18H21N5O3. The summed E-state index contributed by atoms with van der Waals surface area (Å²) in [5.41, 5.74) is 1.68. The molecule has 8 heteroatoms. The fraction of sp³-hybridized carbons (Fsp3) is 0.333. The molecule has 0 aliphatic carbocycles. The number of amides is 2. The summed E-state index contributed by atoms with van der Waals surface area (Å²) >= 11 is 0. The summed E-state index contributed by atoms with van der Waals surface area (Å²) in [6, 6.07) is 10.5. The second-order valence-corrected chi connectivity index (χ2v) is 6.04. The first-order valence-corrected chi connectivity index (χ1v) is 8.48. The maximum Gasteiger partial charge on any atom is 0.271 e. The topological polar surface area (TPSA) is 105 Å². The number of hydrogen-bond donors (Lipinski definition) is 3. The maximum absolute atomic E-state index is 12.1. The SMILES string of the molecule is CC(=O)Nc1cccc(Nc2ccc(C(=O)NCC3CCCO3)nn2)c1. The van der Waals surface area contributed by atoms with Gasteiger partial charge in [0.25, 0.3) is 5.91 Å². The van der Waals surface area contributed by atoms with E-state index in [4.69, 9.17) is 4.74 Å². The Balaban J connectivity index is 1.57. The van der Waals surface area contributed by atoms with Crippen molar-refractivity contribution in [2.24, 2.45) is 0 Å². The van der Waals surface area contributed by atoms with Crippen molar-refractivity contribution in [2.75, 3.05) is 23.8 Å². The minimum atomic E-state index is -0.271. The van der Waals surface area contributed by atoms with E-state index in [1.54, 1.807) is 24.3 Å². The number of carbonyl (C=O) groups is 2. The number of ether oxygens (including phenoxy) is 1. The fourth-order valence-corrected chi connectivity index (χ4v) is 2.65. The van der Waals surface area contributed by atoms with Gasteiger partial charge in [-0.05, 0) is 43.2 Å². The zero-order valence-electron chi connectivity index (χ0n) is 14.5. The van der Waals surface area contributed by atoms with Crippen molar-refractivity contribution in [3.05, 3.63) is 42.1 Å². The van der Waals surface area contributed by atoms with Crippen LogP contribution in [0, 0.1) is 0 Å². The highest BCUT2D eigenvalue weighted by atomic mass is 16.5. The Labute approximate surface area is 151 Å². The minimum absolute atomic E-state index is 0.0868. The number of nitrogens with one attached hydrogen (secondary N) is 3. The van der Waals surface area contributed by atoms with Crippen molar-refractivity contribution in [1.29, 1.82) is 0 Å². The van der Waals surface area contributed by atoms with Gasteiger partial charge in [-0.1, -0.05) is 6.07 Å². The van der Waals surface area contributed by atoms with Crippen molar-refractivity contribution < 1.29 is 14.3 Å². The molecule has 0 spiro atoms. The lowest BCUT2D eigenvalue weighted by molar-refractivity contribution is -0.114. The van der Waals surface area contributed by atoms with Crippen molar-refractivity contribution in [2.45, 2.75) is 25.9 Å². The van der Waals surface area contributed by atoms with E-state index in [9.17, 15) is 9.59 Å². The number of benzene rings is 1. The van der Waals surface area contributed by atoms with Crippen molar-refractivity contribution in [3.8, 4) is 0 Å². The van der Waals surface area contributed by atoms with E-state index in [1.807, 2.05) is 12.1 Å². The fourth-order valence-electron chi connectivity index (χ4n) is 2.65. The van der Waals surface area contributed by atoms with E-state index in [0.29, 0.717) is 18.1 Å². The van der Waals surface area contributed by atoms with Gasteiger partial charge in [0.15, 0.2) is 11.5 Å².